The number of nitrogens with one attached hydrogen (secondary N) is 4. The standard InChI is InChI=1S/C18H24N6O2/c19-17(20)23-7-9-25-15-5-1-3-13(11-15)14-4-2-6-16(12-14)26-10-8-24-18(21)22/h1-6,11-12H,7-10H2,(H4,19,20,23)(H4,21,22,24). The molecule has 0 unspecified atom stereocenters. The van der Waals surface area contributed by atoms with Crippen LogP contribution in [-0.4, -0.2) is 38.2 Å². The van der Waals surface area contributed by atoms with Gasteiger partial charge in [0.1, 0.15) is 24.7 Å². The minimum absolute atomic E-state index is 0.0716. The van der Waals surface area contributed by atoms with Crippen LogP contribution in [0.25, 0.3) is 11.1 Å². The molecule has 0 aromatic heterocycles. The summed E-state index contributed by atoms with van der Waals surface area (Å²) < 4.78 is 11.3. The number of guanidine groups is 2. The summed E-state index contributed by atoms with van der Waals surface area (Å²) >= 11 is 0. The van der Waals surface area contributed by atoms with Gasteiger partial charge in [0.15, 0.2) is 11.9 Å². The maximum atomic E-state index is 7.10. The monoisotopic (exact) mass is 356 g/mol. The van der Waals surface area contributed by atoms with Crippen molar-refractivity contribution in [3.63, 3.8) is 0 Å². The lowest BCUT2D eigenvalue weighted by Crippen LogP contribution is -2.33. The van der Waals surface area contributed by atoms with Gasteiger partial charge in [-0.1, -0.05) is 24.3 Å². The molecular formula is C18H24N6O2. The highest BCUT2D eigenvalue weighted by Gasteiger charge is 2.03. The molecule has 0 bridgehead atoms. The van der Waals surface area contributed by atoms with Crippen LogP contribution in [0.4, 0.5) is 0 Å². The topological polar surface area (TPSA) is 142 Å². The van der Waals surface area contributed by atoms with Crippen LogP contribution in [-0.2, 0) is 0 Å². The molecule has 8 heteroatoms. The Balaban J connectivity index is 1.95. The molecule has 138 valence electrons. The smallest absolute Gasteiger partial charge is 0.185 e. The number of hydrogen-bond acceptors (Lipinski definition) is 4. The fourth-order valence-electron chi connectivity index (χ4n) is 2.24. The van der Waals surface area contributed by atoms with E-state index in [2.05, 4.69) is 10.6 Å². The van der Waals surface area contributed by atoms with Crippen molar-refractivity contribution < 1.29 is 9.47 Å². The van der Waals surface area contributed by atoms with Crippen molar-refractivity contribution in [2.45, 2.75) is 0 Å². The van der Waals surface area contributed by atoms with Gasteiger partial charge in [0.05, 0.1) is 13.1 Å². The summed E-state index contributed by atoms with van der Waals surface area (Å²) in [6.07, 6.45) is 0. The molecule has 2 aromatic rings. The second-order valence-corrected chi connectivity index (χ2v) is 5.43. The lowest BCUT2D eigenvalue weighted by atomic mass is 10.1. The second-order valence-electron chi connectivity index (χ2n) is 5.43. The van der Waals surface area contributed by atoms with E-state index < -0.39 is 0 Å². The average Bonchev–Trinajstić information content (AvgIpc) is 2.63. The second kappa shape index (κ2) is 9.77. The van der Waals surface area contributed by atoms with Gasteiger partial charge in [0, 0.05) is 0 Å². The molecule has 26 heavy (non-hydrogen) atoms. The van der Waals surface area contributed by atoms with E-state index in [1.807, 2.05) is 48.5 Å². The summed E-state index contributed by atoms with van der Waals surface area (Å²) in [5.74, 6) is 1.34. The van der Waals surface area contributed by atoms with Crippen molar-refractivity contribution in [1.29, 1.82) is 10.8 Å². The zero-order chi connectivity index (χ0) is 18.8. The first-order chi connectivity index (χ1) is 12.5. The third kappa shape index (κ3) is 6.60. The summed E-state index contributed by atoms with van der Waals surface area (Å²) in [5.41, 5.74) is 12.5. The first-order valence-electron chi connectivity index (χ1n) is 8.16. The van der Waals surface area contributed by atoms with E-state index in [-0.39, 0.29) is 11.9 Å². The van der Waals surface area contributed by atoms with E-state index in [9.17, 15) is 0 Å². The van der Waals surface area contributed by atoms with E-state index in [1.165, 1.54) is 0 Å². The van der Waals surface area contributed by atoms with Crippen LogP contribution in [0, 0.1) is 10.8 Å². The number of rotatable bonds is 9. The Bertz CT molecular complexity index is 686. The zero-order valence-corrected chi connectivity index (χ0v) is 14.4. The van der Waals surface area contributed by atoms with Gasteiger partial charge >= 0.3 is 0 Å². The highest BCUT2D eigenvalue weighted by molar-refractivity contribution is 5.74. The van der Waals surface area contributed by atoms with E-state index >= 15 is 0 Å². The zero-order valence-electron chi connectivity index (χ0n) is 14.4. The fourth-order valence-corrected chi connectivity index (χ4v) is 2.24. The van der Waals surface area contributed by atoms with Crippen LogP contribution in [0.3, 0.4) is 0 Å². The largest absolute Gasteiger partial charge is 0.492 e. The van der Waals surface area contributed by atoms with E-state index in [4.69, 9.17) is 31.8 Å². The minimum Gasteiger partial charge on any atom is -0.492 e. The number of nitrogens with two attached hydrogens (primary N) is 2. The molecule has 0 radical (unpaired) electrons. The Morgan fingerprint density at radius 2 is 1.19 bits per heavy atom. The van der Waals surface area contributed by atoms with Crippen LogP contribution in [0.2, 0.25) is 0 Å². The quantitative estimate of drug-likeness (QED) is 0.225. The van der Waals surface area contributed by atoms with Gasteiger partial charge in [-0.25, -0.2) is 0 Å². The number of ether oxygens (including phenoxy) is 2. The molecule has 2 rings (SSSR count). The Morgan fingerprint density at radius 3 is 1.58 bits per heavy atom. The third-order valence-corrected chi connectivity index (χ3v) is 3.37. The van der Waals surface area contributed by atoms with Gasteiger partial charge in [-0.05, 0) is 35.4 Å². The fraction of sp³-hybridized carbons (Fsp3) is 0.222. The van der Waals surface area contributed by atoms with Gasteiger partial charge in [0.2, 0.25) is 0 Å². The number of hydrogen-bond donors (Lipinski definition) is 6. The lowest BCUT2D eigenvalue weighted by molar-refractivity contribution is 0.322. The maximum absolute atomic E-state index is 7.10. The van der Waals surface area contributed by atoms with Gasteiger partial charge < -0.3 is 31.6 Å². The van der Waals surface area contributed by atoms with Gasteiger partial charge in [-0.15, -0.1) is 0 Å². The van der Waals surface area contributed by atoms with Gasteiger partial charge in [-0.2, -0.15) is 0 Å². The van der Waals surface area contributed by atoms with Crippen molar-refractivity contribution in [2.75, 3.05) is 26.3 Å². The first kappa shape index (κ1) is 18.9. The minimum atomic E-state index is -0.0716. The highest BCUT2D eigenvalue weighted by atomic mass is 16.5. The van der Waals surface area contributed by atoms with E-state index in [1.54, 1.807) is 0 Å². The van der Waals surface area contributed by atoms with Crippen LogP contribution < -0.4 is 31.6 Å². The van der Waals surface area contributed by atoms with Gasteiger partial charge in [-0.3, -0.25) is 10.8 Å². The average molecular weight is 356 g/mol. The van der Waals surface area contributed by atoms with Crippen molar-refractivity contribution in [3.05, 3.63) is 48.5 Å². The molecular weight excluding hydrogens is 332 g/mol. The summed E-state index contributed by atoms with van der Waals surface area (Å²) in [6.45, 7) is 1.76. The molecule has 0 heterocycles. The summed E-state index contributed by atoms with van der Waals surface area (Å²) in [7, 11) is 0. The molecule has 8 nitrogen and oxygen atoms in total. The molecule has 0 atom stereocenters. The molecule has 0 spiro atoms. The summed E-state index contributed by atoms with van der Waals surface area (Å²) in [6, 6.07) is 15.5. The third-order valence-electron chi connectivity index (χ3n) is 3.37. The molecule has 0 aliphatic heterocycles. The Labute approximate surface area is 152 Å². The molecule has 0 saturated heterocycles. The predicted molar refractivity (Wildman–Crippen MR) is 103 cm³/mol. The Kier molecular flexibility index (Phi) is 7.11. The van der Waals surface area contributed by atoms with Crippen LogP contribution in [0.1, 0.15) is 0 Å². The lowest BCUT2D eigenvalue weighted by Gasteiger charge is -2.11. The predicted octanol–water partition coefficient (Wildman–Crippen LogP) is 1.08. The SMILES string of the molecule is N=C(N)NCCOc1cccc(-c2cccc(OCCNC(=N)N)c2)c1. The van der Waals surface area contributed by atoms with Crippen molar-refractivity contribution in [1.82, 2.24) is 10.6 Å². The Morgan fingerprint density at radius 1 is 0.769 bits per heavy atom. The molecule has 0 amide bonds. The molecule has 8 N–H and O–H groups in total. The van der Waals surface area contributed by atoms with Crippen molar-refractivity contribution in [3.8, 4) is 22.6 Å². The molecule has 0 saturated carbocycles. The van der Waals surface area contributed by atoms with Crippen LogP contribution in [0.15, 0.2) is 48.5 Å². The summed E-state index contributed by atoms with van der Waals surface area (Å²) in [4.78, 5) is 0. The normalized spacial score (nSPS) is 10.0. The Hall–Kier alpha value is -3.42. The van der Waals surface area contributed by atoms with Crippen LogP contribution in [0.5, 0.6) is 11.5 Å². The maximum Gasteiger partial charge on any atom is 0.185 e. The molecule has 2 aromatic carbocycles. The van der Waals surface area contributed by atoms with Crippen LogP contribution >= 0.6 is 0 Å². The highest BCUT2D eigenvalue weighted by Crippen LogP contribution is 2.26. The first-order valence-corrected chi connectivity index (χ1v) is 8.16. The van der Waals surface area contributed by atoms with Crippen molar-refractivity contribution >= 4 is 11.9 Å². The van der Waals surface area contributed by atoms with Gasteiger partial charge in [0.25, 0.3) is 0 Å². The molecule has 0 aliphatic carbocycles. The van der Waals surface area contributed by atoms with Crippen molar-refractivity contribution in [2.24, 2.45) is 11.5 Å². The molecule has 0 fully saturated rings. The van der Waals surface area contributed by atoms with E-state index in [0.29, 0.717) is 26.3 Å². The summed E-state index contributed by atoms with van der Waals surface area (Å²) in [5, 5.41) is 19.6. The number of benzene rings is 2. The molecule has 0 aliphatic rings. The van der Waals surface area contributed by atoms with E-state index in [0.717, 1.165) is 22.6 Å².